The fraction of sp³-hybridized carbons (Fsp3) is 0.714. The monoisotopic (exact) mass is 187 g/mol. The fourth-order valence-electron chi connectivity index (χ4n) is 0.954. The molecule has 9 heavy (non-hydrogen) atoms. The quantitative estimate of drug-likeness (QED) is 0.612. The van der Waals surface area contributed by atoms with Gasteiger partial charge in [-0.15, -0.1) is 0 Å². The van der Waals surface area contributed by atoms with Crippen molar-refractivity contribution in [3.63, 3.8) is 0 Å². The van der Waals surface area contributed by atoms with E-state index in [0.29, 0.717) is 5.41 Å². The molecule has 1 aliphatic rings. The lowest BCUT2D eigenvalue weighted by molar-refractivity contribution is 0.245. The molecule has 2 heteroatoms. The van der Waals surface area contributed by atoms with Crippen LogP contribution in [0.15, 0.2) is 0 Å². The van der Waals surface area contributed by atoms with Crippen molar-refractivity contribution >= 4 is 15.9 Å². The van der Waals surface area contributed by atoms with Crippen LogP contribution in [0.2, 0.25) is 0 Å². The van der Waals surface area contributed by atoms with E-state index in [1.54, 1.807) is 0 Å². The van der Waals surface area contributed by atoms with Gasteiger partial charge in [0.15, 0.2) is 0 Å². The first-order valence-electron chi connectivity index (χ1n) is 3.16. The standard InChI is InChI=1S/C7H10BrN/c1-2-7(3-4-8)5-9-6-7/h9H,2,5-6H2,1H3. The molecule has 1 saturated heterocycles. The molecule has 1 N–H and O–H groups in total. The maximum absolute atomic E-state index is 3.21. The van der Waals surface area contributed by atoms with Gasteiger partial charge in [-0.2, -0.15) is 0 Å². The summed E-state index contributed by atoms with van der Waals surface area (Å²) in [5.74, 6) is 3.15. The second-order valence-corrected chi connectivity index (χ2v) is 2.85. The fourth-order valence-corrected chi connectivity index (χ4v) is 1.37. The van der Waals surface area contributed by atoms with Gasteiger partial charge in [0.2, 0.25) is 0 Å². The Morgan fingerprint density at radius 1 is 1.67 bits per heavy atom. The second kappa shape index (κ2) is 2.72. The summed E-state index contributed by atoms with van der Waals surface area (Å²) >= 11 is 3.11. The molecule has 1 nitrogen and oxygen atoms in total. The molecule has 0 bridgehead atoms. The molecule has 1 rings (SSSR count). The third-order valence-electron chi connectivity index (χ3n) is 1.92. The van der Waals surface area contributed by atoms with E-state index in [4.69, 9.17) is 0 Å². The molecular weight excluding hydrogens is 178 g/mol. The molecule has 0 spiro atoms. The van der Waals surface area contributed by atoms with Crippen LogP contribution in [0.4, 0.5) is 0 Å². The lowest BCUT2D eigenvalue weighted by atomic mass is 9.80. The minimum absolute atomic E-state index is 0.295. The van der Waals surface area contributed by atoms with Crippen LogP contribution in [0, 0.1) is 16.2 Å². The molecule has 0 unspecified atom stereocenters. The van der Waals surface area contributed by atoms with Gasteiger partial charge in [-0.1, -0.05) is 12.8 Å². The average Bonchev–Trinajstić information content (AvgIpc) is 1.79. The molecule has 0 saturated carbocycles. The van der Waals surface area contributed by atoms with Gasteiger partial charge >= 0.3 is 0 Å². The van der Waals surface area contributed by atoms with Crippen LogP contribution < -0.4 is 5.32 Å². The smallest absolute Gasteiger partial charge is 0.0569 e. The summed E-state index contributed by atoms with van der Waals surface area (Å²) in [5, 5.41) is 3.21. The van der Waals surface area contributed by atoms with Crippen molar-refractivity contribution in [2.75, 3.05) is 13.1 Å². The van der Waals surface area contributed by atoms with E-state index in [1.807, 2.05) is 0 Å². The summed E-state index contributed by atoms with van der Waals surface area (Å²) in [6.07, 6.45) is 1.15. The minimum Gasteiger partial charge on any atom is -0.314 e. The Balaban J connectivity index is 2.53. The van der Waals surface area contributed by atoms with Crippen LogP contribution in [0.1, 0.15) is 13.3 Å². The number of nitrogens with one attached hydrogen (secondary N) is 1. The summed E-state index contributed by atoms with van der Waals surface area (Å²) in [5.41, 5.74) is 0.295. The van der Waals surface area contributed by atoms with Gasteiger partial charge in [-0.3, -0.25) is 0 Å². The minimum atomic E-state index is 0.295. The predicted molar refractivity (Wildman–Crippen MR) is 42.3 cm³/mol. The molecule has 0 atom stereocenters. The van der Waals surface area contributed by atoms with E-state index < -0.39 is 0 Å². The van der Waals surface area contributed by atoms with Gasteiger partial charge < -0.3 is 5.32 Å². The van der Waals surface area contributed by atoms with E-state index >= 15 is 0 Å². The van der Waals surface area contributed by atoms with Gasteiger partial charge in [0.25, 0.3) is 0 Å². The van der Waals surface area contributed by atoms with E-state index in [-0.39, 0.29) is 0 Å². The highest BCUT2D eigenvalue weighted by molar-refractivity contribution is 9.12. The van der Waals surface area contributed by atoms with E-state index in [9.17, 15) is 0 Å². The number of hydrogen-bond acceptors (Lipinski definition) is 1. The third-order valence-corrected chi connectivity index (χ3v) is 2.11. The molecule has 0 aromatic rings. The lowest BCUT2D eigenvalue weighted by Gasteiger charge is -2.37. The van der Waals surface area contributed by atoms with E-state index in [1.165, 1.54) is 0 Å². The van der Waals surface area contributed by atoms with Gasteiger partial charge in [0.05, 0.1) is 5.41 Å². The molecule has 1 heterocycles. The van der Waals surface area contributed by atoms with Crippen LogP contribution in [0.5, 0.6) is 0 Å². The summed E-state index contributed by atoms with van der Waals surface area (Å²) in [6.45, 7) is 4.29. The Bertz CT molecular complexity index is 145. The zero-order valence-electron chi connectivity index (χ0n) is 5.50. The summed E-state index contributed by atoms with van der Waals surface area (Å²) in [4.78, 5) is 2.78. The second-order valence-electron chi connectivity index (χ2n) is 2.46. The Morgan fingerprint density at radius 2 is 2.33 bits per heavy atom. The zero-order valence-corrected chi connectivity index (χ0v) is 7.09. The van der Waals surface area contributed by atoms with E-state index in [0.717, 1.165) is 19.5 Å². The Kier molecular flexibility index (Phi) is 2.15. The first-order chi connectivity index (χ1) is 4.33. The molecule has 0 radical (unpaired) electrons. The van der Waals surface area contributed by atoms with Crippen molar-refractivity contribution in [3.8, 4) is 10.8 Å². The summed E-state index contributed by atoms with van der Waals surface area (Å²) in [6, 6.07) is 0. The predicted octanol–water partition coefficient (Wildman–Crippen LogP) is 1.34. The molecule has 0 aromatic heterocycles. The third kappa shape index (κ3) is 1.28. The molecule has 0 amide bonds. The Morgan fingerprint density at radius 3 is 2.44 bits per heavy atom. The first kappa shape index (κ1) is 7.11. The van der Waals surface area contributed by atoms with Crippen LogP contribution >= 0.6 is 15.9 Å². The Labute approximate surface area is 64.3 Å². The highest BCUT2D eigenvalue weighted by Gasteiger charge is 2.32. The van der Waals surface area contributed by atoms with Crippen LogP contribution in [-0.2, 0) is 0 Å². The molecule has 0 aliphatic carbocycles. The highest BCUT2D eigenvalue weighted by Crippen LogP contribution is 2.25. The molecule has 1 fully saturated rings. The highest BCUT2D eigenvalue weighted by atomic mass is 79.9. The first-order valence-corrected chi connectivity index (χ1v) is 3.96. The van der Waals surface area contributed by atoms with Crippen molar-refractivity contribution in [2.45, 2.75) is 13.3 Å². The van der Waals surface area contributed by atoms with Crippen molar-refractivity contribution < 1.29 is 0 Å². The Hall–Kier alpha value is -0.0000000000000000208. The zero-order chi connectivity index (χ0) is 6.74. The van der Waals surface area contributed by atoms with Crippen molar-refractivity contribution in [1.29, 1.82) is 0 Å². The SMILES string of the molecule is CCC1(C#CBr)CNC1. The largest absolute Gasteiger partial charge is 0.314 e. The topological polar surface area (TPSA) is 12.0 Å². The van der Waals surface area contributed by atoms with Crippen LogP contribution in [0.3, 0.4) is 0 Å². The van der Waals surface area contributed by atoms with Gasteiger partial charge in [0, 0.05) is 29.0 Å². The maximum atomic E-state index is 3.21. The van der Waals surface area contributed by atoms with Crippen LogP contribution in [0.25, 0.3) is 0 Å². The van der Waals surface area contributed by atoms with Gasteiger partial charge in [0.1, 0.15) is 0 Å². The van der Waals surface area contributed by atoms with Gasteiger partial charge in [-0.25, -0.2) is 0 Å². The number of rotatable bonds is 1. The molecule has 1 aliphatic heterocycles. The molecule has 50 valence electrons. The maximum Gasteiger partial charge on any atom is 0.0569 e. The number of halogens is 1. The normalized spacial score (nSPS) is 21.6. The van der Waals surface area contributed by atoms with Gasteiger partial charge in [-0.05, 0) is 11.3 Å². The number of hydrogen-bond donors (Lipinski definition) is 1. The van der Waals surface area contributed by atoms with E-state index in [2.05, 4.69) is 38.9 Å². The van der Waals surface area contributed by atoms with Crippen molar-refractivity contribution in [3.05, 3.63) is 0 Å². The van der Waals surface area contributed by atoms with Crippen molar-refractivity contribution in [1.82, 2.24) is 5.32 Å². The van der Waals surface area contributed by atoms with Crippen LogP contribution in [-0.4, -0.2) is 13.1 Å². The molecular formula is C7H10BrN. The summed E-state index contributed by atoms with van der Waals surface area (Å²) in [7, 11) is 0. The van der Waals surface area contributed by atoms with Crippen molar-refractivity contribution in [2.24, 2.45) is 5.41 Å². The summed E-state index contributed by atoms with van der Waals surface area (Å²) < 4.78 is 0. The lowest BCUT2D eigenvalue weighted by Crippen LogP contribution is -2.52. The molecule has 0 aromatic carbocycles. The average molecular weight is 188 g/mol.